The van der Waals surface area contributed by atoms with Gasteiger partial charge in [0.2, 0.25) is 5.91 Å². The van der Waals surface area contributed by atoms with Crippen LogP contribution < -0.4 is 11.1 Å². The minimum absolute atomic E-state index is 0.0294. The molecule has 6 nitrogen and oxygen atoms in total. The number of aromatic hydroxyl groups is 2. The Bertz CT molecular complexity index is 483. The molecule has 0 heterocycles. The molecule has 1 aromatic rings. The summed E-state index contributed by atoms with van der Waals surface area (Å²) in [4.78, 5) is 22.7. The molecule has 1 aromatic carbocycles. The van der Waals surface area contributed by atoms with Crippen molar-refractivity contribution in [2.45, 2.75) is 25.8 Å². The number of carbonyl (C=O) groups is 2. The van der Waals surface area contributed by atoms with Gasteiger partial charge in [0, 0.05) is 12.0 Å². The van der Waals surface area contributed by atoms with Crippen LogP contribution in [-0.2, 0) is 4.79 Å². The zero-order valence-electron chi connectivity index (χ0n) is 10.2. The molecule has 0 atom stereocenters. The average molecular weight is 252 g/mol. The van der Waals surface area contributed by atoms with E-state index in [-0.39, 0.29) is 17.7 Å². The summed E-state index contributed by atoms with van der Waals surface area (Å²) in [6.07, 6.45) is -0.0294. The predicted molar refractivity (Wildman–Crippen MR) is 65.1 cm³/mol. The van der Waals surface area contributed by atoms with Gasteiger partial charge in [-0.1, -0.05) is 6.07 Å². The Labute approximate surface area is 104 Å². The molecule has 0 unspecified atom stereocenters. The van der Waals surface area contributed by atoms with E-state index in [2.05, 4.69) is 5.32 Å². The number of phenolic OH excluding ortho intramolecular Hbond substituents is 2. The summed E-state index contributed by atoms with van der Waals surface area (Å²) in [6.45, 7) is 3.27. The summed E-state index contributed by atoms with van der Waals surface area (Å²) in [6, 6.07) is 4.07. The number of primary amides is 1. The molecule has 0 aliphatic heterocycles. The van der Waals surface area contributed by atoms with Crippen molar-refractivity contribution in [2.24, 2.45) is 5.73 Å². The van der Waals surface area contributed by atoms with Crippen molar-refractivity contribution in [3.8, 4) is 11.5 Å². The first-order chi connectivity index (χ1) is 8.23. The molecule has 6 heteroatoms. The molecule has 0 saturated carbocycles. The van der Waals surface area contributed by atoms with Gasteiger partial charge in [0.05, 0.1) is 5.56 Å². The van der Waals surface area contributed by atoms with Crippen molar-refractivity contribution in [3.05, 3.63) is 23.8 Å². The molecule has 2 amide bonds. The average Bonchev–Trinajstić information content (AvgIpc) is 2.18. The zero-order valence-corrected chi connectivity index (χ0v) is 10.2. The quantitative estimate of drug-likeness (QED) is 0.584. The number of rotatable bonds is 4. The SMILES string of the molecule is CC(C)(CC(N)=O)NC(=O)c1cccc(O)c1O. The summed E-state index contributed by atoms with van der Waals surface area (Å²) in [5.74, 6) is -2.00. The number of nitrogens with one attached hydrogen (secondary N) is 1. The van der Waals surface area contributed by atoms with Gasteiger partial charge in [0.15, 0.2) is 11.5 Å². The van der Waals surface area contributed by atoms with Crippen LogP contribution in [0.2, 0.25) is 0 Å². The fraction of sp³-hybridized carbons (Fsp3) is 0.333. The van der Waals surface area contributed by atoms with Gasteiger partial charge in [0.1, 0.15) is 0 Å². The lowest BCUT2D eigenvalue weighted by Gasteiger charge is -2.24. The van der Waals surface area contributed by atoms with E-state index in [1.165, 1.54) is 18.2 Å². The van der Waals surface area contributed by atoms with Crippen molar-refractivity contribution in [2.75, 3.05) is 0 Å². The first-order valence-electron chi connectivity index (χ1n) is 5.35. The van der Waals surface area contributed by atoms with Crippen LogP contribution in [0.1, 0.15) is 30.6 Å². The first kappa shape index (κ1) is 13.8. The van der Waals surface area contributed by atoms with Gasteiger partial charge in [-0.25, -0.2) is 0 Å². The number of carbonyl (C=O) groups excluding carboxylic acids is 2. The third kappa shape index (κ3) is 3.38. The van der Waals surface area contributed by atoms with E-state index >= 15 is 0 Å². The lowest BCUT2D eigenvalue weighted by atomic mass is 9.99. The Balaban J connectivity index is 2.89. The molecule has 0 aliphatic carbocycles. The number of para-hydroxylation sites is 1. The van der Waals surface area contributed by atoms with Crippen molar-refractivity contribution in [1.29, 1.82) is 0 Å². The maximum Gasteiger partial charge on any atom is 0.255 e. The van der Waals surface area contributed by atoms with Crippen molar-refractivity contribution < 1.29 is 19.8 Å². The van der Waals surface area contributed by atoms with Gasteiger partial charge in [0.25, 0.3) is 5.91 Å². The predicted octanol–water partition coefficient (Wildman–Crippen LogP) is 0.482. The van der Waals surface area contributed by atoms with Crippen LogP contribution >= 0.6 is 0 Å². The van der Waals surface area contributed by atoms with Crippen LogP contribution in [0.25, 0.3) is 0 Å². The second-order valence-electron chi connectivity index (χ2n) is 4.65. The van der Waals surface area contributed by atoms with Crippen LogP contribution in [0, 0.1) is 0 Å². The number of benzene rings is 1. The first-order valence-corrected chi connectivity index (χ1v) is 5.35. The molecular formula is C12H16N2O4. The number of hydrogen-bond acceptors (Lipinski definition) is 4. The molecule has 98 valence electrons. The fourth-order valence-electron chi connectivity index (χ4n) is 1.57. The van der Waals surface area contributed by atoms with E-state index in [1.807, 2.05) is 0 Å². The maximum atomic E-state index is 11.9. The highest BCUT2D eigenvalue weighted by Crippen LogP contribution is 2.28. The molecule has 0 aliphatic rings. The Kier molecular flexibility index (Phi) is 3.80. The van der Waals surface area contributed by atoms with E-state index in [0.717, 1.165) is 0 Å². The number of amides is 2. The minimum atomic E-state index is -0.833. The molecule has 0 saturated heterocycles. The van der Waals surface area contributed by atoms with Gasteiger partial charge >= 0.3 is 0 Å². The topological polar surface area (TPSA) is 113 Å². The minimum Gasteiger partial charge on any atom is -0.504 e. The van der Waals surface area contributed by atoms with E-state index in [9.17, 15) is 19.8 Å². The van der Waals surface area contributed by atoms with Gasteiger partial charge < -0.3 is 21.3 Å². The van der Waals surface area contributed by atoms with E-state index < -0.39 is 23.1 Å². The summed E-state index contributed by atoms with van der Waals surface area (Å²) < 4.78 is 0. The Morgan fingerprint density at radius 3 is 2.50 bits per heavy atom. The standard InChI is InChI=1S/C12H16N2O4/c1-12(2,6-9(13)16)14-11(18)7-4-3-5-8(15)10(7)17/h3-5,15,17H,6H2,1-2H3,(H2,13,16)(H,14,18). The fourth-order valence-corrected chi connectivity index (χ4v) is 1.57. The van der Waals surface area contributed by atoms with Crippen LogP contribution in [-0.4, -0.2) is 27.6 Å². The maximum absolute atomic E-state index is 11.9. The van der Waals surface area contributed by atoms with Gasteiger partial charge in [-0.2, -0.15) is 0 Å². The second-order valence-corrected chi connectivity index (χ2v) is 4.65. The third-order valence-corrected chi connectivity index (χ3v) is 2.33. The molecule has 5 N–H and O–H groups in total. The van der Waals surface area contributed by atoms with Gasteiger partial charge in [-0.15, -0.1) is 0 Å². The molecule has 1 rings (SSSR count). The summed E-state index contributed by atoms with van der Waals surface area (Å²) in [5.41, 5.74) is 4.17. The highest BCUT2D eigenvalue weighted by Gasteiger charge is 2.25. The second kappa shape index (κ2) is 4.95. The largest absolute Gasteiger partial charge is 0.504 e. The number of hydrogen-bond donors (Lipinski definition) is 4. The molecule has 0 aromatic heterocycles. The van der Waals surface area contributed by atoms with Crippen LogP contribution in [0.15, 0.2) is 18.2 Å². The molecule has 0 fully saturated rings. The number of nitrogens with two attached hydrogens (primary N) is 1. The van der Waals surface area contributed by atoms with E-state index in [4.69, 9.17) is 5.73 Å². The zero-order chi connectivity index (χ0) is 13.9. The van der Waals surface area contributed by atoms with Gasteiger partial charge in [-0.05, 0) is 26.0 Å². The Hall–Kier alpha value is -2.24. The summed E-state index contributed by atoms with van der Waals surface area (Å²) in [7, 11) is 0. The van der Waals surface area contributed by atoms with Crippen LogP contribution in [0.5, 0.6) is 11.5 Å². The Morgan fingerprint density at radius 1 is 1.33 bits per heavy atom. The Morgan fingerprint density at radius 2 is 1.94 bits per heavy atom. The van der Waals surface area contributed by atoms with Gasteiger partial charge in [-0.3, -0.25) is 9.59 Å². The van der Waals surface area contributed by atoms with Crippen molar-refractivity contribution in [1.82, 2.24) is 5.32 Å². The van der Waals surface area contributed by atoms with Crippen LogP contribution in [0.3, 0.4) is 0 Å². The normalized spacial score (nSPS) is 11.0. The summed E-state index contributed by atoms with van der Waals surface area (Å²) in [5, 5.41) is 21.4. The molecule has 0 spiro atoms. The molecular weight excluding hydrogens is 236 g/mol. The monoisotopic (exact) mass is 252 g/mol. The van der Waals surface area contributed by atoms with Crippen molar-refractivity contribution in [3.63, 3.8) is 0 Å². The lowest BCUT2D eigenvalue weighted by molar-refractivity contribution is -0.119. The molecule has 0 radical (unpaired) electrons. The smallest absolute Gasteiger partial charge is 0.255 e. The summed E-state index contributed by atoms with van der Waals surface area (Å²) >= 11 is 0. The lowest BCUT2D eigenvalue weighted by Crippen LogP contribution is -2.46. The number of phenols is 2. The molecule has 18 heavy (non-hydrogen) atoms. The van der Waals surface area contributed by atoms with Crippen LogP contribution in [0.4, 0.5) is 0 Å². The van der Waals surface area contributed by atoms with E-state index in [0.29, 0.717) is 0 Å². The third-order valence-electron chi connectivity index (χ3n) is 2.33. The van der Waals surface area contributed by atoms with E-state index in [1.54, 1.807) is 13.8 Å². The van der Waals surface area contributed by atoms with Crippen molar-refractivity contribution >= 4 is 11.8 Å². The highest BCUT2D eigenvalue weighted by atomic mass is 16.3. The highest BCUT2D eigenvalue weighted by molar-refractivity contribution is 5.98. The molecule has 0 bridgehead atoms.